The van der Waals surface area contributed by atoms with Gasteiger partial charge in [-0.3, -0.25) is 4.79 Å². The Bertz CT molecular complexity index is 505. The number of thiazole rings is 1. The Morgan fingerprint density at radius 3 is 2.74 bits per heavy atom. The van der Waals surface area contributed by atoms with Crippen molar-refractivity contribution in [3.05, 3.63) is 16.1 Å². The summed E-state index contributed by atoms with van der Waals surface area (Å²) in [7, 11) is 0. The fourth-order valence-corrected chi connectivity index (χ4v) is 4.26. The molecule has 7 heteroatoms. The fraction of sp³-hybridized carbons (Fsp3) is 0.750. The third-order valence-electron chi connectivity index (χ3n) is 4.92. The van der Waals surface area contributed by atoms with Crippen molar-refractivity contribution in [1.29, 1.82) is 0 Å². The normalized spacial score (nSPS) is 22.1. The molecule has 0 saturated heterocycles. The molecule has 0 bridgehead atoms. The molecule has 1 amide bonds. The molecule has 1 saturated carbocycles. The number of aromatic nitrogens is 1. The third kappa shape index (κ3) is 4.05. The summed E-state index contributed by atoms with van der Waals surface area (Å²) in [5.74, 6) is -0.0780. The maximum Gasteiger partial charge on any atom is 0.270 e. The summed E-state index contributed by atoms with van der Waals surface area (Å²) >= 11 is 1.50. The zero-order valence-corrected chi connectivity index (χ0v) is 15.8. The highest BCUT2D eigenvalue weighted by Gasteiger charge is 2.53. The number of carbonyl (C=O) groups excluding carboxylic acids is 1. The number of hydrogen-bond acceptors (Lipinski definition) is 5. The summed E-state index contributed by atoms with van der Waals surface area (Å²) < 4.78 is 5.85. The van der Waals surface area contributed by atoms with Crippen LogP contribution in [0.3, 0.4) is 0 Å². The third-order valence-corrected chi connectivity index (χ3v) is 5.83. The van der Waals surface area contributed by atoms with Gasteiger partial charge in [0.2, 0.25) is 0 Å². The first-order valence-corrected chi connectivity index (χ1v) is 9.06. The van der Waals surface area contributed by atoms with Gasteiger partial charge in [0.05, 0.1) is 11.1 Å². The average Bonchev–Trinajstić information content (AvgIpc) is 2.96. The van der Waals surface area contributed by atoms with Gasteiger partial charge in [0.25, 0.3) is 5.91 Å². The number of ether oxygens (including phenoxy) is 1. The molecule has 0 radical (unpaired) electrons. The van der Waals surface area contributed by atoms with Crippen LogP contribution in [0.1, 0.15) is 55.5 Å². The van der Waals surface area contributed by atoms with E-state index in [4.69, 9.17) is 10.5 Å². The second-order valence-electron chi connectivity index (χ2n) is 5.81. The molecule has 23 heavy (non-hydrogen) atoms. The topological polar surface area (TPSA) is 77.2 Å². The smallest absolute Gasteiger partial charge is 0.270 e. The maximum absolute atomic E-state index is 12.4. The Morgan fingerprint density at radius 1 is 1.48 bits per heavy atom. The monoisotopic (exact) mass is 361 g/mol. The highest BCUT2D eigenvalue weighted by atomic mass is 35.5. The van der Waals surface area contributed by atoms with Crippen LogP contribution in [0.4, 0.5) is 0 Å². The predicted molar refractivity (Wildman–Crippen MR) is 96.4 cm³/mol. The van der Waals surface area contributed by atoms with E-state index in [0.29, 0.717) is 12.2 Å². The summed E-state index contributed by atoms with van der Waals surface area (Å²) in [6, 6.07) is 0.172. The number of nitrogens with zero attached hydrogens (tertiary/aromatic N) is 1. The zero-order valence-electron chi connectivity index (χ0n) is 14.1. The number of amides is 1. The quantitative estimate of drug-likeness (QED) is 0.746. The summed E-state index contributed by atoms with van der Waals surface area (Å²) in [5, 5.41) is 5.90. The summed E-state index contributed by atoms with van der Waals surface area (Å²) in [6.45, 7) is 7.66. The Morgan fingerprint density at radius 2 is 2.17 bits per heavy atom. The van der Waals surface area contributed by atoms with Gasteiger partial charge in [0, 0.05) is 29.9 Å². The largest absolute Gasteiger partial charge is 0.378 e. The predicted octanol–water partition coefficient (Wildman–Crippen LogP) is 2.78. The van der Waals surface area contributed by atoms with Crippen molar-refractivity contribution in [2.24, 2.45) is 11.1 Å². The van der Waals surface area contributed by atoms with E-state index in [0.717, 1.165) is 37.3 Å². The van der Waals surface area contributed by atoms with E-state index in [2.05, 4.69) is 24.1 Å². The van der Waals surface area contributed by atoms with Crippen molar-refractivity contribution in [3.8, 4) is 0 Å². The van der Waals surface area contributed by atoms with E-state index in [1.807, 2.05) is 12.3 Å². The molecule has 1 heterocycles. The molecule has 132 valence electrons. The van der Waals surface area contributed by atoms with E-state index >= 15 is 0 Å². The first-order chi connectivity index (χ1) is 10.6. The van der Waals surface area contributed by atoms with E-state index in [9.17, 15) is 4.79 Å². The van der Waals surface area contributed by atoms with Crippen molar-refractivity contribution in [1.82, 2.24) is 10.3 Å². The van der Waals surface area contributed by atoms with Crippen molar-refractivity contribution in [3.63, 3.8) is 0 Å². The van der Waals surface area contributed by atoms with Crippen LogP contribution >= 0.6 is 23.7 Å². The van der Waals surface area contributed by atoms with Gasteiger partial charge >= 0.3 is 0 Å². The number of rotatable bonds is 8. The molecule has 0 spiro atoms. The molecular weight excluding hydrogens is 334 g/mol. The lowest BCUT2D eigenvalue weighted by Crippen LogP contribution is -2.64. The highest BCUT2D eigenvalue weighted by Crippen LogP contribution is 2.48. The van der Waals surface area contributed by atoms with Crippen LogP contribution in [-0.2, 0) is 11.2 Å². The van der Waals surface area contributed by atoms with Crippen LogP contribution in [0.2, 0.25) is 0 Å². The van der Waals surface area contributed by atoms with Gasteiger partial charge in [-0.25, -0.2) is 4.98 Å². The standard InChI is InChI=1S/C16H27N3O2S.ClH/c1-4-16(5-2)12(9-13(16)21-6-3)19-15(20)11-10-22-14(18-11)7-8-17;/h10,12-13H,4-9,17H2,1-3H3,(H,19,20);1H. The molecule has 3 N–H and O–H groups in total. The average molecular weight is 362 g/mol. The molecule has 2 unspecified atom stereocenters. The van der Waals surface area contributed by atoms with Crippen LogP contribution in [0, 0.1) is 5.41 Å². The number of nitrogens with two attached hydrogens (primary N) is 1. The zero-order chi connectivity index (χ0) is 16.2. The van der Waals surface area contributed by atoms with Gasteiger partial charge in [-0.2, -0.15) is 0 Å². The van der Waals surface area contributed by atoms with E-state index in [-0.39, 0.29) is 35.9 Å². The first kappa shape index (κ1) is 20.4. The Labute approximate surface area is 148 Å². The van der Waals surface area contributed by atoms with Crippen molar-refractivity contribution in [2.45, 2.75) is 58.6 Å². The Balaban J connectivity index is 0.00000264. The molecule has 1 aromatic heterocycles. The van der Waals surface area contributed by atoms with Crippen LogP contribution < -0.4 is 11.1 Å². The minimum Gasteiger partial charge on any atom is -0.378 e. The molecule has 0 aromatic carbocycles. The SMILES string of the molecule is CCOC1CC(NC(=O)c2csc(CCN)n2)C1(CC)CC.Cl. The number of nitrogens with one attached hydrogen (secondary N) is 1. The maximum atomic E-state index is 12.4. The minimum atomic E-state index is -0.0780. The van der Waals surface area contributed by atoms with Gasteiger partial charge in [-0.1, -0.05) is 13.8 Å². The molecule has 2 atom stereocenters. The second-order valence-corrected chi connectivity index (χ2v) is 6.75. The van der Waals surface area contributed by atoms with Gasteiger partial charge in [0.15, 0.2) is 0 Å². The lowest BCUT2D eigenvalue weighted by Gasteiger charge is -2.55. The Kier molecular flexibility index (Phi) is 7.94. The van der Waals surface area contributed by atoms with Crippen LogP contribution in [-0.4, -0.2) is 36.2 Å². The molecule has 1 aliphatic carbocycles. The van der Waals surface area contributed by atoms with Crippen molar-refractivity contribution in [2.75, 3.05) is 13.2 Å². The molecule has 1 aromatic rings. The van der Waals surface area contributed by atoms with E-state index < -0.39 is 0 Å². The molecule has 0 aliphatic heterocycles. The van der Waals surface area contributed by atoms with Crippen molar-refractivity contribution >= 4 is 29.7 Å². The second kappa shape index (κ2) is 8.97. The van der Waals surface area contributed by atoms with Crippen molar-refractivity contribution < 1.29 is 9.53 Å². The van der Waals surface area contributed by atoms with Crippen LogP contribution in [0.5, 0.6) is 0 Å². The highest BCUT2D eigenvalue weighted by molar-refractivity contribution is 7.09. The molecule has 1 aliphatic rings. The lowest BCUT2D eigenvalue weighted by molar-refractivity contribution is -0.134. The van der Waals surface area contributed by atoms with Gasteiger partial charge in [-0.15, -0.1) is 23.7 Å². The van der Waals surface area contributed by atoms with Gasteiger partial charge < -0.3 is 15.8 Å². The molecular formula is C16H28ClN3O2S. The fourth-order valence-electron chi connectivity index (χ4n) is 3.47. The van der Waals surface area contributed by atoms with E-state index in [1.54, 1.807) is 0 Å². The first-order valence-electron chi connectivity index (χ1n) is 8.18. The molecule has 2 rings (SSSR count). The molecule has 5 nitrogen and oxygen atoms in total. The number of halogens is 1. The van der Waals surface area contributed by atoms with Gasteiger partial charge in [-0.05, 0) is 32.7 Å². The lowest BCUT2D eigenvalue weighted by atomic mass is 9.58. The minimum absolute atomic E-state index is 0. The summed E-state index contributed by atoms with van der Waals surface area (Å²) in [4.78, 5) is 16.8. The summed E-state index contributed by atoms with van der Waals surface area (Å²) in [6.07, 6.45) is 3.88. The number of carbonyl (C=O) groups is 1. The van der Waals surface area contributed by atoms with Crippen LogP contribution in [0.15, 0.2) is 5.38 Å². The Hall–Kier alpha value is -0.690. The van der Waals surface area contributed by atoms with Crippen LogP contribution in [0.25, 0.3) is 0 Å². The molecule has 1 fully saturated rings. The van der Waals surface area contributed by atoms with E-state index in [1.165, 1.54) is 11.3 Å². The van der Waals surface area contributed by atoms with Gasteiger partial charge in [0.1, 0.15) is 5.69 Å². The number of hydrogen-bond donors (Lipinski definition) is 2. The summed E-state index contributed by atoms with van der Waals surface area (Å²) in [5.41, 5.74) is 6.09.